The highest BCUT2D eigenvalue weighted by atomic mass is 16.6. The molecule has 2 atom stereocenters. The first kappa shape index (κ1) is 30.7. The summed E-state index contributed by atoms with van der Waals surface area (Å²) in [6, 6.07) is 13.8. The van der Waals surface area contributed by atoms with Gasteiger partial charge in [0.25, 0.3) is 0 Å². The summed E-state index contributed by atoms with van der Waals surface area (Å²) in [7, 11) is 0. The maximum atomic E-state index is 14.2. The number of alkyl carbamates (subject to hydrolysis) is 1. The maximum absolute atomic E-state index is 14.2. The number of rotatable bonds is 9. The van der Waals surface area contributed by atoms with Crippen LogP contribution in [0.1, 0.15) is 79.0 Å². The molecule has 208 valence electrons. The predicted molar refractivity (Wildman–Crippen MR) is 148 cm³/mol. The topological polar surface area (TPSA) is 108 Å². The summed E-state index contributed by atoms with van der Waals surface area (Å²) in [6.45, 7) is 15.0. The number of carbonyl (C=O) groups is 3. The van der Waals surface area contributed by atoms with Gasteiger partial charge in [0, 0.05) is 12.1 Å². The largest absolute Gasteiger partial charge is 0.508 e. The van der Waals surface area contributed by atoms with E-state index < -0.39 is 35.2 Å². The fraction of sp³-hybridized carbons (Fsp3) is 0.500. The third-order valence-corrected chi connectivity index (χ3v) is 5.68. The Morgan fingerprint density at radius 1 is 0.921 bits per heavy atom. The predicted octanol–water partition coefficient (Wildman–Crippen LogP) is 5.32. The highest BCUT2D eigenvalue weighted by Gasteiger charge is 2.42. The van der Waals surface area contributed by atoms with Gasteiger partial charge in [-0.05, 0) is 77.1 Å². The van der Waals surface area contributed by atoms with Crippen molar-refractivity contribution in [3.8, 4) is 5.75 Å². The minimum atomic E-state index is -1.01. The number of phenols is 1. The molecule has 0 heterocycles. The normalized spacial score (nSPS) is 13.4. The number of hydrogen-bond donors (Lipinski definition) is 3. The standard InChI is InChI=1S/C30H43N3O5/c1-20(2)18-24(32-28(37)38-30(6,7)8)27(36)33(29(3,4)5)25(22-14-16-23(34)17-15-22)26(35)31-19-21-12-10-9-11-13-21/h9-17,20,24-25,34H,18-19H2,1-8H3,(H,31,35)(H,32,37). The van der Waals surface area contributed by atoms with Crippen molar-refractivity contribution in [2.75, 3.05) is 0 Å². The molecular weight excluding hydrogens is 482 g/mol. The van der Waals surface area contributed by atoms with Gasteiger partial charge in [0.2, 0.25) is 11.8 Å². The van der Waals surface area contributed by atoms with E-state index in [1.54, 1.807) is 32.9 Å². The van der Waals surface area contributed by atoms with Gasteiger partial charge in [-0.3, -0.25) is 9.59 Å². The molecule has 0 aliphatic rings. The molecule has 0 aliphatic carbocycles. The zero-order valence-electron chi connectivity index (χ0n) is 23.9. The van der Waals surface area contributed by atoms with Crippen molar-refractivity contribution in [1.82, 2.24) is 15.5 Å². The molecule has 0 saturated heterocycles. The number of benzene rings is 2. The molecule has 3 amide bonds. The minimum Gasteiger partial charge on any atom is -0.508 e. The molecule has 2 rings (SSSR count). The minimum absolute atomic E-state index is 0.0510. The van der Waals surface area contributed by atoms with E-state index in [-0.39, 0.29) is 24.1 Å². The lowest BCUT2D eigenvalue weighted by Gasteiger charge is -2.43. The van der Waals surface area contributed by atoms with Crippen molar-refractivity contribution >= 4 is 17.9 Å². The lowest BCUT2D eigenvalue weighted by molar-refractivity contribution is -0.148. The molecule has 3 N–H and O–H groups in total. The van der Waals surface area contributed by atoms with E-state index in [1.807, 2.05) is 65.0 Å². The number of ether oxygens (including phenoxy) is 1. The monoisotopic (exact) mass is 525 g/mol. The molecule has 0 fully saturated rings. The van der Waals surface area contributed by atoms with Crippen molar-refractivity contribution in [3.63, 3.8) is 0 Å². The summed E-state index contributed by atoms with van der Waals surface area (Å²) >= 11 is 0. The smallest absolute Gasteiger partial charge is 0.408 e. The number of phenolic OH excluding ortho intramolecular Hbond substituents is 1. The van der Waals surface area contributed by atoms with Gasteiger partial charge >= 0.3 is 6.09 Å². The second-order valence-corrected chi connectivity index (χ2v) is 11.9. The molecule has 0 spiro atoms. The highest BCUT2D eigenvalue weighted by Crippen LogP contribution is 2.31. The van der Waals surface area contributed by atoms with Crippen LogP contribution in [0, 0.1) is 5.92 Å². The molecule has 0 aliphatic heterocycles. The molecule has 38 heavy (non-hydrogen) atoms. The first-order valence-electron chi connectivity index (χ1n) is 13.0. The fourth-order valence-corrected chi connectivity index (χ4v) is 4.11. The number of carbonyl (C=O) groups excluding carboxylic acids is 3. The summed E-state index contributed by atoms with van der Waals surface area (Å²) in [6.07, 6.45) is -0.335. The molecular formula is C30H43N3O5. The number of amides is 3. The summed E-state index contributed by atoms with van der Waals surface area (Å²) in [5, 5.41) is 15.6. The molecule has 8 heteroatoms. The van der Waals surface area contributed by atoms with Crippen LogP contribution in [-0.4, -0.2) is 45.1 Å². The van der Waals surface area contributed by atoms with E-state index in [0.29, 0.717) is 12.0 Å². The van der Waals surface area contributed by atoms with Crippen LogP contribution >= 0.6 is 0 Å². The maximum Gasteiger partial charge on any atom is 0.408 e. The highest BCUT2D eigenvalue weighted by molar-refractivity contribution is 5.92. The summed E-state index contributed by atoms with van der Waals surface area (Å²) in [5.41, 5.74) is -0.0694. The Morgan fingerprint density at radius 3 is 2.00 bits per heavy atom. The van der Waals surface area contributed by atoms with Crippen LogP contribution in [0.4, 0.5) is 4.79 Å². The summed E-state index contributed by atoms with van der Waals surface area (Å²) in [5.74, 6) is -0.636. The van der Waals surface area contributed by atoms with Crippen LogP contribution in [0.5, 0.6) is 5.75 Å². The van der Waals surface area contributed by atoms with Crippen molar-refractivity contribution in [3.05, 3.63) is 65.7 Å². The third kappa shape index (κ3) is 9.39. The van der Waals surface area contributed by atoms with E-state index in [0.717, 1.165) is 5.56 Å². The van der Waals surface area contributed by atoms with E-state index in [2.05, 4.69) is 10.6 Å². The molecule has 2 aromatic carbocycles. The zero-order valence-corrected chi connectivity index (χ0v) is 23.9. The van der Waals surface area contributed by atoms with Crippen LogP contribution in [0.15, 0.2) is 54.6 Å². The second kappa shape index (κ2) is 12.8. The SMILES string of the molecule is CC(C)CC(NC(=O)OC(C)(C)C)C(=O)N(C(C(=O)NCc1ccccc1)c1ccc(O)cc1)C(C)(C)C. The van der Waals surface area contributed by atoms with Gasteiger partial charge in [0.1, 0.15) is 23.4 Å². The molecule has 0 aromatic heterocycles. The summed E-state index contributed by atoms with van der Waals surface area (Å²) in [4.78, 5) is 42.2. The molecule has 0 saturated carbocycles. The van der Waals surface area contributed by atoms with Gasteiger partial charge in [-0.2, -0.15) is 0 Å². The lowest BCUT2D eigenvalue weighted by Crippen LogP contribution is -2.58. The average Bonchev–Trinajstić information content (AvgIpc) is 2.79. The van der Waals surface area contributed by atoms with Gasteiger partial charge in [-0.1, -0.05) is 56.3 Å². The lowest BCUT2D eigenvalue weighted by atomic mass is 9.93. The van der Waals surface area contributed by atoms with Gasteiger partial charge in [-0.15, -0.1) is 0 Å². The van der Waals surface area contributed by atoms with Gasteiger partial charge in [0.05, 0.1) is 0 Å². The van der Waals surface area contributed by atoms with E-state index in [1.165, 1.54) is 17.0 Å². The van der Waals surface area contributed by atoms with E-state index >= 15 is 0 Å². The Balaban J connectivity index is 2.50. The molecule has 2 aromatic rings. The number of hydrogen-bond acceptors (Lipinski definition) is 5. The Morgan fingerprint density at radius 2 is 1.50 bits per heavy atom. The quantitative estimate of drug-likeness (QED) is 0.411. The summed E-state index contributed by atoms with van der Waals surface area (Å²) < 4.78 is 5.43. The second-order valence-electron chi connectivity index (χ2n) is 11.9. The average molecular weight is 526 g/mol. The van der Waals surface area contributed by atoms with Crippen LogP contribution in [-0.2, 0) is 20.9 Å². The van der Waals surface area contributed by atoms with E-state index in [9.17, 15) is 19.5 Å². The first-order valence-corrected chi connectivity index (χ1v) is 13.0. The van der Waals surface area contributed by atoms with Gasteiger partial charge < -0.3 is 25.4 Å². The van der Waals surface area contributed by atoms with Crippen LogP contribution in [0.2, 0.25) is 0 Å². The number of nitrogens with one attached hydrogen (secondary N) is 2. The zero-order chi connectivity index (χ0) is 28.7. The van der Waals surface area contributed by atoms with Crippen LogP contribution in [0.3, 0.4) is 0 Å². The van der Waals surface area contributed by atoms with Gasteiger partial charge in [0.15, 0.2) is 0 Å². The molecule has 8 nitrogen and oxygen atoms in total. The van der Waals surface area contributed by atoms with Gasteiger partial charge in [-0.25, -0.2) is 4.79 Å². The molecule has 2 unspecified atom stereocenters. The first-order chi connectivity index (χ1) is 17.6. The fourth-order valence-electron chi connectivity index (χ4n) is 4.11. The van der Waals surface area contributed by atoms with E-state index in [4.69, 9.17) is 4.74 Å². The Hall–Kier alpha value is -3.55. The van der Waals surface area contributed by atoms with Crippen LogP contribution in [0.25, 0.3) is 0 Å². The number of nitrogens with zero attached hydrogens (tertiary/aromatic N) is 1. The van der Waals surface area contributed by atoms with Crippen molar-refractivity contribution in [2.45, 2.75) is 91.6 Å². The molecule has 0 radical (unpaired) electrons. The molecule has 0 bridgehead atoms. The Labute approximate surface area is 226 Å². The van der Waals surface area contributed by atoms with Crippen molar-refractivity contribution in [2.24, 2.45) is 5.92 Å². The van der Waals surface area contributed by atoms with Crippen molar-refractivity contribution in [1.29, 1.82) is 0 Å². The third-order valence-electron chi connectivity index (χ3n) is 5.68. The Bertz CT molecular complexity index is 1070. The number of aromatic hydroxyl groups is 1. The Kier molecular flexibility index (Phi) is 10.3. The van der Waals surface area contributed by atoms with Crippen LogP contribution < -0.4 is 10.6 Å². The van der Waals surface area contributed by atoms with Crippen molar-refractivity contribution < 1.29 is 24.2 Å².